The van der Waals surface area contributed by atoms with E-state index < -0.39 is 23.9 Å². The van der Waals surface area contributed by atoms with Crippen LogP contribution in [-0.4, -0.2) is 36.2 Å². The molecular weight excluding hydrogens is 391 g/mol. The number of carboxylic acids is 1. The minimum atomic E-state index is -0.987. The second-order valence-electron chi connectivity index (χ2n) is 7.27. The van der Waals surface area contributed by atoms with E-state index in [4.69, 9.17) is 9.47 Å². The molecule has 0 bridgehead atoms. The molecule has 8 heteroatoms. The Balaban J connectivity index is 1.61. The van der Waals surface area contributed by atoms with Crippen LogP contribution in [0.25, 0.3) is 11.3 Å². The molecule has 2 aliphatic heterocycles. The van der Waals surface area contributed by atoms with E-state index in [1.807, 2.05) is 18.2 Å². The summed E-state index contributed by atoms with van der Waals surface area (Å²) in [7, 11) is 1.47. The molecule has 2 atom stereocenters. The zero-order chi connectivity index (χ0) is 21.4. The van der Waals surface area contributed by atoms with Crippen LogP contribution in [-0.2, 0) is 32.2 Å². The molecule has 0 fully saturated rings. The first kappa shape index (κ1) is 20.1. The van der Waals surface area contributed by atoms with Gasteiger partial charge in [0.1, 0.15) is 24.2 Å². The first-order chi connectivity index (χ1) is 14.4. The van der Waals surface area contributed by atoms with E-state index in [0.29, 0.717) is 29.1 Å². The van der Waals surface area contributed by atoms with Crippen LogP contribution in [0.1, 0.15) is 29.2 Å². The Hall–Kier alpha value is -3.23. The zero-order valence-corrected chi connectivity index (χ0v) is 16.5. The molecule has 2 aromatic rings. The Morgan fingerprint density at radius 2 is 2.10 bits per heavy atom. The first-order valence-corrected chi connectivity index (χ1v) is 9.48. The Bertz CT molecular complexity index is 1070. The number of anilines is 1. The third kappa shape index (κ3) is 3.55. The molecule has 7 nitrogen and oxygen atoms in total. The van der Waals surface area contributed by atoms with Gasteiger partial charge in [0, 0.05) is 36.0 Å². The summed E-state index contributed by atoms with van der Waals surface area (Å²) in [6.45, 7) is 2.29. The summed E-state index contributed by atoms with van der Waals surface area (Å²) in [4.78, 5) is 23.9. The molecule has 0 spiro atoms. The minimum absolute atomic E-state index is 0.275. The van der Waals surface area contributed by atoms with Gasteiger partial charge in [-0.25, -0.2) is 4.39 Å². The Morgan fingerprint density at radius 3 is 2.83 bits per heavy atom. The van der Waals surface area contributed by atoms with Crippen molar-refractivity contribution in [2.75, 3.05) is 12.4 Å². The molecule has 4 rings (SSSR count). The smallest absolute Gasteiger partial charge is 0.323 e. The Morgan fingerprint density at radius 1 is 1.30 bits per heavy atom. The highest BCUT2D eigenvalue weighted by molar-refractivity contribution is 6.36. The van der Waals surface area contributed by atoms with Gasteiger partial charge in [-0.2, -0.15) is 0 Å². The topological polar surface area (TPSA) is 96.9 Å². The number of methoxy groups -OCH3 is 1. The number of hydrogen-bond acceptors (Lipinski definition) is 5. The monoisotopic (exact) mass is 412 g/mol. The van der Waals surface area contributed by atoms with E-state index in [1.165, 1.54) is 25.3 Å². The van der Waals surface area contributed by atoms with Crippen molar-refractivity contribution in [2.24, 2.45) is 0 Å². The number of amides is 1. The van der Waals surface area contributed by atoms with Crippen molar-refractivity contribution in [3.63, 3.8) is 0 Å². The number of halogens is 1. The van der Waals surface area contributed by atoms with Gasteiger partial charge in [0.15, 0.2) is 0 Å². The molecule has 2 aromatic carbocycles. The van der Waals surface area contributed by atoms with E-state index >= 15 is 0 Å². The van der Waals surface area contributed by atoms with Gasteiger partial charge in [0.25, 0.3) is 5.91 Å². The molecule has 0 saturated carbocycles. The van der Waals surface area contributed by atoms with Gasteiger partial charge in [0.05, 0.1) is 11.7 Å². The number of rotatable bonds is 6. The lowest BCUT2D eigenvalue weighted by Crippen LogP contribution is -2.45. The average molecular weight is 412 g/mol. The maximum absolute atomic E-state index is 13.7. The molecular formula is C22H21FN2O5. The summed E-state index contributed by atoms with van der Waals surface area (Å²) in [6, 6.07) is 8.89. The lowest BCUT2D eigenvalue weighted by molar-refractivity contribution is -0.142. The zero-order valence-electron chi connectivity index (χ0n) is 16.5. The Kier molecular flexibility index (Phi) is 5.27. The van der Waals surface area contributed by atoms with Crippen LogP contribution in [0.3, 0.4) is 0 Å². The highest BCUT2D eigenvalue weighted by Crippen LogP contribution is 2.41. The molecule has 2 heterocycles. The predicted molar refractivity (Wildman–Crippen MR) is 108 cm³/mol. The number of nitrogens with one attached hydrogen (secondary N) is 2. The van der Waals surface area contributed by atoms with Crippen LogP contribution in [0.2, 0.25) is 0 Å². The standard InChI is InChI=1S/C22H21FN2O5/c1-11(29-2)19(22(27)28)24-9-12-3-5-15-13(7-12)10-30-20(15)18-16-8-14(23)4-6-17(16)25-21(18)26/h3-8,11,19,24H,9-10H2,1-2H3,(H,25,26)(H,27,28)/t11-,19?/m1/s1. The van der Waals surface area contributed by atoms with Crippen LogP contribution in [0.15, 0.2) is 36.4 Å². The maximum atomic E-state index is 13.7. The fourth-order valence-corrected chi connectivity index (χ4v) is 3.72. The summed E-state index contributed by atoms with van der Waals surface area (Å²) in [5.41, 5.74) is 3.86. The van der Waals surface area contributed by atoms with Crippen LogP contribution in [0.4, 0.5) is 10.1 Å². The summed E-state index contributed by atoms with van der Waals surface area (Å²) in [5, 5.41) is 15.1. The largest absolute Gasteiger partial charge is 0.487 e. The second kappa shape index (κ2) is 7.89. The number of carboxylic acid groups (broad SMARTS) is 1. The van der Waals surface area contributed by atoms with Gasteiger partial charge >= 0.3 is 5.97 Å². The molecule has 1 unspecified atom stereocenters. The molecule has 0 aliphatic carbocycles. The normalized spacial score (nSPS) is 19.0. The van der Waals surface area contributed by atoms with Crippen molar-refractivity contribution in [2.45, 2.75) is 32.2 Å². The Labute approximate surface area is 172 Å². The van der Waals surface area contributed by atoms with Crippen molar-refractivity contribution in [3.05, 3.63) is 64.5 Å². The fourth-order valence-electron chi connectivity index (χ4n) is 3.72. The lowest BCUT2D eigenvalue weighted by atomic mass is 9.99. The van der Waals surface area contributed by atoms with Gasteiger partial charge in [-0.3, -0.25) is 14.9 Å². The average Bonchev–Trinajstić information content (AvgIpc) is 3.26. The summed E-state index contributed by atoms with van der Waals surface area (Å²) in [5.74, 6) is -1.33. The summed E-state index contributed by atoms with van der Waals surface area (Å²) in [6.07, 6.45) is -0.488. The SMILES string of the molecule is CO[C@H](C)C(NCc1ccc2c(c1)COC2=C1C(=O)Nc2ccc(F)cc21)C(=O)O. The van der Waals surface area contributed by atoms with Crippen molar-refractivity contribution < 1.29 is 28.6 Å². The van der Waals surface area contributed by atoms with Gasteiger partial charge in [-0.15, -0.1) is 0 Å². The third-order valence-electron chi connectivity index (χ3n) is 5.37. The van der Waals surface area contributed by atoms with Crippen LogP contribution < -0.4 is 10.6 Å². The number of fused-ring (bicyclic) bond motifs is 2. The number of hydrogen-bond donors (Lipinski definition) is 3. The van der Waals surface area contributed by atoms with E-state index in [1.54, 1.807) is 6.92 Å². The number of aliphatic carboxylic acids is 1. The van der Waals surface area contributed by atoms with Gasteiger partial charge in [-0.1, -0.05) is 18.2 Å². The molecule has 2 aliphatic rings. The third-order valence-corrected chi connectivity index (χ3v) is 5.37. The highest BCUT2D eigenvalue weighted by Gasteiger charge is 2.33. The van der Waals surface area contributed by atoms with E-state index in [-0.39, 0.29) is 12.5 Å². The minimum Gasteiger partial charge on any atom is -0.487 e. The van der Waals surface area contributed by atoms with Crippen molar-refractivity contribution in [1.29, 1.82) is 0 Å². The number of carbonyl (C=O) groups is 2. The fraction of sp³-hybridized carbons (Fsp3) is 0.273. The molecule has 30 heavy (non-hydrogen) atoms. The van der Waals surface area contributed by atoms with Gasteiger partial charge in [0.2, 0.25) is 0 Å². The number of ether oxygens (including phenoxy) is 2. The number of carbonyl (C=O) groups excluding carboxylic acids is 1. The molecule has 156 valence electrons. The molecule has 1 amide bonds. The van der Waals surface area contributed by atoms with Gasteiger partial charge in [-0.05, 0) is 30.7 Å². The van der Waals surface area contributed by atoms with Crippen LogP contribution in [0.5, 0.6) is 0 Å². The summed E-state index contributed by atoms with van der Waals surface area (Å²) < 4.78 is 24.7. The molecule has 3 N–H and O–H groups in total. The highest BCUT2D eigenvalue weighted by atomic mass is 19.1. The van der Waals surface area contributed by atoms with E-state index in [9.17, 15) is 19.1 Å². The quantitative estimate of drug-likeness (QED) is 0.632. The van der Waals surface area contributed by atoms with E-state index in [0.717, 1.165) is 16.7 Å². The molecule has 0 saturated heterocycles. The number of benzene rings is 2. The van der Waals surface area contributed by atoms with Crippen LogP contribution in [0, 0.1) is 5.82 Å². The predicted octanol–water partition coefficient (Wildman–Crippen LogP) is 2.75. The van der Waals surface area contributed by atoms with E-state index in [2.05, 4.69) is 10.6 Å². The molecule has 0 aromatic heterocycles. The van der Waals surface area contributed by atoms with Crippen LogP contribution >= 0.6 is 0 Å². The maximum Gasteiger partial charge on any atom is 0.323 e. The van der Waals surface area contributed by atoms with Crippen molar-refractivity contribution >= 4 is 28.9 Å². The molecule has 0 radical (unpaired) electrons. The van der Waals surface area contributed by atoms with Crippen molar-refractivity contribution in [3.8, 4) is 0 Å². The summed E-state index contributed by atoms with van der Waals surface area (Å²) >= 11 is 0. The van der Waals surface area contributed by atoms with Crippen molar-refractivity contribution in [1.82, 2.24) is 5.32 Å². The second-order valence-corrected chi connectivity index (χ2v) is 7.27. The first-order valence-electron chi connectivity index (χ1n) is 9.48. The lowest BCUT2D eigenvalue weighted by Gasteiger charge is -2.20. The van der Waals surface area contributed by atoms with Gasteiger partial charge < -0.3 is 19.9 Å².